The number of rotatable bonds is 12. The number of sulfonamides is 1. The van der Waals surface area contributed by atoms with E-state index in [1.54, 1.807) is 12.3 Å². The van der Waals surface area contributed by atoms with Crippen molar-refractivity contribution in [3.63, 3.8) is 0 Å². The lowest BCUT2D eigenvalue weighted by molar-refractivity contribution is -0.384. The Bertz CT molecular complexity index is 2770. The van der Waals surface area contributed by atoms with Crippen molar-refractivity contribution in [3.8, 4) is 5.88 Å². The van der Waals surface area contributed by atoms with Gasteiger partial charge in [0, 0.05) is 67.0 Å². The number of likely N-dealkylation sites (tertiary alicyclic amines) is 1. The molecule has 4 fully saturated rings. The van der Waals surface area contributed by atoms with Crippen LogP contribution in [-0.4, -0.2) is 90.2 Å². The minimum absolute atomic E-state index is 0.129. The monoisotopic (exact) mass is 916 g/mol. The number of carbonyl (C=O) groups is 1. The number of carbonyl (C=O) groups excluding carboxylic acids is 1. The number of aliphatic hydroxyl groups is 1. The van der Waals surface area contributed by atoms with Crippen molar-refractivity contribution in [2.75, 3.05) is 54.4 Å². The fraction of sp³-hybridized carbons (Fsp3) is 0.480. The van der Waals surface area contributed by atoms with Gasteiger partial charge in [0.2, 0.25) is 5.88 Å². The lowest BCUT2D eigenvalue weighted by atomic mass is 9.60. The second-order valence-electron chi connectivity index (χ2n) is 20.1. The summed E-state index contributed by atoms with van der Waals surface area (Å²) in [6.45, 7) is 10.6. The summed E-state index contributed by atoms with van der Waals surface area (Å²) in [6.07, 6.45) is 9.93. The highest BCUT2D eigenvalue weighted by Gasteiger charge is 2.55. The van der Waals surface area contributed by atoms with Crippen LogP contribution in [0.25, 0.3) is 11.0 Å². The molecule has 16 heteroatoms. The minimum Gasteiger partial charge on any atom is -0.476 e. The summed E-state index contributed by atoms with van der Waals surface area (Å²) in [7, 11) is -4.57. The van der Waals surface area contributed by atoms with Crippen LogP contribution in [0.1, 0.15) is 112 Å². The second kappa shape index (κ2) is 17.2. The van der Waals surface area contributed by atoms with Gasteiger partial charge in [0.1, 0.15) is 17.0 Å². The van der Waals surface area contributed by atoms with Crippen LogP contribution >= 0.6 is 0 Å². The number of nitro groups is 1. The predicted octanol–water partition coefficient (Wildman–Crippen LogP) is 8.79. The van der Waals surface area contributed by atoms with Crippen LogP contribution in [0.15, 0.2) is 83.9 Å². The molecule has 2 saturated carbocycles. The quantitative estimate of drug-likeness (QED) is 0.0690. The van der Waals surface area contributed by atoms with Crippen molar-refractivity contribution in [2.24, 2.45) is 11.3 Å². The molecule has 3 aliphatic heterocycles. The van der Waals surface area contributed by atoms with Gasteiger partial charge < -0.3 is 29.9 Å². The Balaban J connectivity index is 0.895. The molecule has 1 atom stereocenters. The molecular weight excluding hydrogens is 857 g/mol. The Morgan fingerprint density at radius 2 is 1.79 bits per heavy atom. The van der Waals surface area contributed by atoms with E-state index in [1.807, 2.05) is 36.1 Å². The molecule has 5 aromatic rings. The molecule has 1 spiro atoms. The van der Waals surface area contributed by atoms with E-state index in [0.717, 1.165) is 62.5 Å². The van der Waals surface area contributed by atoms with Crippen molar-refractivity contribution in [3.05, 3.63) is 106 Å². The largest absolute Gasteiger partial charge is 0.476 e. The molecule has 66 heavy (non-hydrogen) atoms. The first-order valence-electron chi connectivity index (χ1n) is 23.6. The maximum Gasteiger partial charge on any atom is 0.293 e. The van der Waals surface area contributed by atoms with Crippen molar-refractivity contribution in [1.29, 1.82) is 0 Å². The number of benzene rings is 3. The third-order valence-electron chi connectivity index (χ3n) is 15.0. The molecule has 1 amide bonds. The molecule has 5 aliphatic rings. The molecule has 0 unspecified atom stereocenters. The number of ether oxygens (including phenoxy) is 1. The summed E-state index contributed by atoms with van der Waals surface area (Å²) in [4.78, 5) is 40.6. The number of nitrogens with one attached hydrogen (secondary N) is 3. The van der Waals surface area contributed by atoms with Gasteiger partial charge in [-0.25, -0.2) is 13.1 Å². The smallest absolute Gasteiger partial charge is 0.293 e. The van der Waals surface area contributed by atoms with Crippen LogP contribution < -0.4 is 24.6 Å². The maximum absolute atomic E-state index is 14.4. The summed E-state index contributed by atoms with van der Waals surface area (Å²) in [5.74, 6) is 0.229. The van der Waals surface area contributed by atoms with Gasteiger partial charge >= 0.3 is 0 Å². The van der Waals surface area contributed by atoms with Crippen LogP contribution in [0.5, 0.6) is 5.88 Å². The normalized spacial score (nSPS) is 23.2. The number of nitro benzene ring substituents is 1. The number of aromatic amines is 1. The number of hydrogen-bond acceptors (Lipinski definition) is 12. The Hall–Kier alpha value is -5.71. The molecule has 0 bridgehead atoms. The van der Waals surface area contributed by atoms with Gasteiger partial charge in [0.05, 0.1) is 33.3 Å². The SMILES string of the molecule is CC(C)c1ccccc1[C@@H]1CCCN1C1CC2(C1)CN(c1ccc(C(=O)NS(=O)(=O)c3ccc(NC[C@H]4CC[C@](C)(O)CC4)c([N+](=O)[O-])c3)c(N3CCCOc4nc5[nH]ccc5cc43)c1)C2. The Morgan fingerprint density at radius 1 is 1.00 bits per heavy atom. The average molecular weight is 917 g/mol. The van der Waals surface area contributed by atoms with Gasteiger partial charge in [0.15, 0.2) is 0 Å². The zero-order valence-corrected chi connectivity index (χ0v) is 38.8. The molecule has 2 aliphatic carbocycles. The zero-order chi connectivity index (χ0) is 46.0. The lowest BCUT2D eigenvalue weighted by Crippen LogP contribution is -2.66. The van der Waals surface area contributed by atoms with Crippen LogP contribution in [0.3, 0.4) is 0 Å². The summed E-state index contributed by atoms with van der Waals surface area (Å²) in [5.41, 5.74) is 5.11. The number of fused-ring (bicyclic) bond motifs is 2. The highest BCUT2D eigenvalue weighted by molar-refractivity contribution is 7.90. The second-order valence-corrected chi connectivity index (χ2v) is 21.8. The highest BCUT2D eigenvalue weighted by atomic mass is 32.2. The first-order valence-corrected chi connectivity index (χ1v) is 25.1. The number of amides is 1. The summed E-state index contributed by atoms with van der Waals surface area (Å²) in [5, 5.41) is 26.6. The Morgan fingerprint density at radius 3 is 2.56 bits per heavy atom. The molecule has 2 saturated heterocycles. The number of hydrogen-bond donors (Lipinski definition) is 4. The fourth-order valence-corrected chi connectivity index (χ4v) is 12.4. The van der Waals surface area contributed by atoms with Crippen LogP contribution in [0.2, 0.25) is 0 Å². The maximum atomic E-state index is 14.4. The number of aromatic nitrogens is 2. The van der Waals surface area contributed by atoms with E-state index >= 15 is 0 Å². The van der Waals surface area contributed by atoms with E-state index in [4.69, 9.17) is 9.72 Å². The zero-order valence-electron chi connectivity index (χ0n) is 38.0. The standard InChI is InChI=1S/C50H60N8O7S/c1-32(2)38-8-4-5-9-39(38)42-10-6-21-56(42)36-27-50(28-36)30-55(31-50)35-11-13-40(43(25-35)57-22-7-23-65-48-45(57)24-34-17-20-51-46(34)53-48)47(59)54-66(63,64)37-12-14-41(44(26-37)58(61)62)52-29-33-15-18-49(3,60)19-16-33/h4-5,8-9,11-14,17,20,24-26,32-33,36,42,52,60H,6-7,10,15-16,18-19,21-23,27-31H2,1-3H3,(H,51,53)(H,54,59)/t33-,42-,49-/m0/s1. The van der Waals surface area contributed by atoms with E-state index in [0.29, 0.717) is 79.9 Å². The topological polar surface area (TPSA) is 186 Å². The molecule has 4 N–H and O–H groups in total. The molecular formula is C50H60N8O7S. The van der Waals surface area contributed by atoms with Crippen molar-refractivity contribution in [2.45, 2.75) is 107 Å². The highest BCUT2D eigenvalue weighted by Crippen LogP contribution is 2.55. The number of pyridine rings is 1. The first kappa shape index (κ1) is 44.1. The van der Waals surface area contributed by atoms with Gasteiger partial charge in [-0.15, -0.1) is 0 Å². The predicted molar refractivity (Wildman–Crippen MR) is 255 cm³/mol. The minimum atomic E-state index is -4.57. The Labute approximate surface area is 386 Å². The van der Waals surface area contributed by atoms with E-state index in [1.165, 1.54) is 36.1 Å². The van der Waals surface area contributed by atoms with Crippen molar-refractivity contribution >= 4 is 55.4 Å². The van der Waals surface area contributed by atoms with Crippen molar-refractivity contribution < 1.29 is 28.0 Å². The third-order valence-corrected chi connectivity index (χ3v) is 16.3. The number of anilines is 4. The van der Waals surface area contributed by atoms with Crippen LogP contribution in [0.4, 0.5) is 28.4 Å². The molecule has 5 heterocycles. The summed E-state index contributed by atoms with van der Waals surface area (Å²) in [6, 6.07) is 23.0. The van der Waals surface area contributed by atoms with Crippen LogP contribution in [-0.2, 0) is 10.0 Å². The van der Waals surface area contributed by atoms with Gasteiger partial charge in [-0.3, -0.25) is 19.8 Å². The van der Waals surface area contributed by atoms with Gasteiger partial charge in [-0.1, -0.05) is 38.1 Å². The molecule has 15 nitrogen and oxygen atoms in total. The van der Waals surface area contributed by atoms with Gasteiger partial charge in [0.25, 0.3) is 21.6 Å². The first-order chi connectivity index (χ1) is 31.7. The van der Waals surface area contributed by atoms with E-state index in [-0.39, 0.29) is 22.6 Å². The fourth-order valence-electron chi connectivity index (χ4n) is 11.4. The van der Waals surface area contributed by atoms with Gasteiger partial charge in [-0.2, -0.15) is 4.98 Å². The number of H-pyrrole nitrogens is 1. The van der Waals surface area contributed by atoms with E-state index < -0.39 is 37.0 Å². The summed E-state index contributed by atoms with van der Waals surface area (Å²) < 4.78 is 36.3. The molecule has 2 aromatic heterocycles. The average Bonchev–Trinajstić information content (AvgIpc) is 3.89. The Kier molecular flexibility index (Phi) is 11.5. The van der Waals surface area contributed by atoms with Crippen molar-refractivity contribution in [1.82, 2.24) is 19.6 Å². The molecule has 10 rings (SSSR count). The molecule has 3 aromatic carbocycles. The number of nitrogens with zero attached hydrogens (tertiary/aromatic N) is 5. The van der Waals surface area contributed by atoms with E-state index in [2.05, 4.69) is 62.9 Å². The lowest BCUT2D eigenvalue weighted by Gasteiger charge is -2.62. The van der Waals surface area contributed by atoms with Gasteiger partial charge in [-0.05, 0) is 137 Å². The van der Waals surface area contributed by atoms with Crippen LogP contribution in [0, 0.1) is 21.4 Å². The third kappa shape index (κ3) is 8.47. The molecule has 0 radical (unpaired) electrons. The molecule has 348 valence electrons. The summed E-state index contributed by atoms with van der Waals surface area (Å²) >= 11 is 0. The van der Waals surface area contributed by atoms with E-state index in [9.17, 15) is 28.4 Å².